The third-order valence-corrected chi connectivity index (χ3v) is 9.13. The molecule has 1 aliphatic heterocycles. The highest BCUT2D eigenvalue weighted by Gasteiger charge is 2.23. The molecule has 1 aliphatic rings. The van der Waals surface area contributed by atoms with Crippen molar-refractivity contribution in [2.24, 2.45) is 5.14 Å². The van der Waals surface area contributed by atoms with E-state index in [0.29, 0.717) is 37.7 Å². The first-order chi connectivity index (χ1) is 19.5. The lowest BCUT2D eigenvalue weighted by Gasteiger charge is -2.15. The van der Waals surface area contributed by atoms with Crippen LogP contribution in [0.4, 0.5) is 4.39 Å². The number of ether oxygens (including phenoxy) is 2. The predicted octanol–water partition coefficient (Wildman–Crippen LogP) is 2.96. The van der Waals surface area contributed by atoms with Crippen molar-refractivity contribution in [3.8, 4) is 16.5 Å². The topological polar surface area (TPSA) is 149 Å². The molecule has 0 bridgehead atoms. The monoisotopic (exact) mass is 626 g/mol. The molecule has 4 aromatic rings. The van der Waals surface area contributed by atoms with Crippen LogP contribution >= 0.6 is 24.0 Å². The number of nitrogens with zero attached hydrogens (tertiary/aromatic N) is 3. The average Bonchev–Trinajstić information content (AvgIpc) is 3.57. The number of methoxy groups -OCH3 is 1. The minimum absolute atomic E-state index is 0.0791. The van der Waals surface area contributed by atoms with Gasteiger partial charge in [-0.15, -0.1) is 11.3 Å². The van der Waals surface area contributed by atoms with E-state index in [0.717, 1.165) is 42.0 Å². The van der Waals surface area contributed by atoms with E-state index in [4.69, 9.17) is 19.0 Å². The number of halogens is 1. The summed E-state index contributed by atoms with van der Waals surface area (Å²) in [4.78, 5) is 31.6. The van der Waals surface area contributed by atoms with Gasteiger partial charge in [-0.25, -0.2) is 27.7 Å². The van der Waals surface area contributed by atoms with Crippen LogP contribution < -0.4 is 21.1 Å². The Labute approximate surface area is 245 Å². The molecule has 1 saturated heterocycles. The quantitative estimate of drug-likeness (QED) is 0.284. The number of rotatable bonds is 8. The van der Waals surface area contributed by atoms with Crippen LogP contribution in [-0.4, -0.2) is 53.9 Å². The first-order valence-electron chi connectivity index (χ1n) is 12.8. The van der Waals surface area contributed by atoms with Gasteiger partial charge in [0.15, 0.2) is 0 Å². The smallest absolute Gasteiger partial charge is 0.332 e. The third-order valence-electron chi connectivity index (χ3n) is 6.56. The summed E-state index contributed by atoms with van der Waals surface area (Å²) in [6.07, 6.45) is 5.33. The molecular weight excluding hydrogens is 596 g/mol. The van der Waals surface area contributed by atoms with Crippen molar-refractivity contribution in [1.82, 2.24) is 14.1 Å². The van der Waals surface area contributed by atoms with Crippen LogP contribution in [0.25, 0.3) is 21.0 Å². The molecule has 0 amide bonds. The molecule has 11 nitrogen and oxygen atoms in total. The maximum atomic E-state index is 13.8. The average molecular weight is 627 g/mol. The van der Waals surface area contributed by atoms with E-state index in [1.807, 2.05) is 0 Å². The summed E-state index contributed by atoms with van der Waals surface area (Å²) < 4.78 is 54.8. The van der Waals surface area contributed by atoms with Gasteiger partial charge in [-0.05, 0) is 55.5 Å². The van der Waals surface area contributed by atoms with E-state index in [1.54, 1.807) is 6.92 Å². The van der Waals surface area contributed by atoms with Gasteiger partial charge in [-0.2, -0.15) is 12.6 Å². The Morgan fingerprint density at radius 3 is 2.54 bits per heavy atom. The number of hydrogen-bond donors (Lipinski definition) is 2. The van der Waals surface area contributed by atoms with E-state index in [9.17, 15) is 22.4 Å². The summed E-state index contributed by atoms with van der Waals surface area (Å²) in [5.74, 6) is -0.290. The van der Waals surface area contributed by atoms with Gasteiger partial charge >= 0.3 is 5.69 Å². The fraction of sp³-hybridized carbons (Fsp3) is 0.423. The Kier molecular flexibility index (Phi) is 10.1. The maximum absolute atomic E-state index is 13.8. The zero-order valence-electron chi connectivity index (χ0n) is 22.5. The zero-order valence-corrected chi connectivity index (χ0v) is 25.1. The second-order valence-electron chi connectivity index (χ2n) is 9.38. The van der Waals surface area contributed by atoms with Crippen LogP contribution in [0.5, 0.6) is 5.75 Å². The number of fused-ring (bicyclic) bond motifs is 1. The van der Waals surface area contributed by atoms with Crippen LogP contribution in [0, 0.1) is 12.7 Å². The Bertz CT molecular complexity index is 1720. The van der Waals surface area contributed by atoms with Crippen molar-refractivity contribution < 1.29 is 26.7 Å². The molecule has 3 aromatic heterocycles. The second-order valence-corrected chi connectivity index (χ2v) is 12.8. The molecule has 0 atom stereocenters. The SMILES string of the molecule is COc1ccc(F)cc1CCn1c(=O)n(CCS(N)(=O)=O)c(=O)c2c(C)c(-c3ncco3)sc21.SC1CCOCC1. The number of oxazole rings is 1. The number of nitrogens with two attached hydrogens (primary N) is 1. The fourth-order valence-corrected chi connectivity index (χ4v) is 6.31. The molecular formula is C26H31FN4O7S3. The minimum Gasteiger partial charge on any atom is -0.496 e. The summed E-state index contributed by atoms with van der Waals surface area (Å²) in [6.45, 7) is 3.20. The van der Waals surface area contributed by atoms with Gasteiger partial charge in [0.2, 0.25) is 15.9 Å². The number of benzene rings is 1. The number of hydrogen-bond acceptors (Lipinski definition) is 10. The zero-order chi connectivity index (χ0) is 29.7. The summed E-state index contributed by atoms with van der Waals surface area (Å²) in [7, 11) is -2.46. The molecule has 222 valence electrons. The van der Waals surface area contributed by atoms with Crippen molar-refractivity contribution in [3.63, 3.8) is 0 Å². The lowest BCUT2D eigenvalue weighted by Crippen LogP contribution is -2.42. The number of sulfonamides is 1. The number of aryl methyl sites for hydroxylation is 3. The van der Waals surface area contributed by atoms with Crippen molar-refractivity contribution in [1.29, 1.82) is 0 Å². The van der Waals surface area contributed by atoms with Crippen molar-refractivity contribution in [2.45, 2.75) is 44.5 Å². The van der Waals surface area contributed by atoms with Gasteiger partial charge in [0, 0.05) is 31.6 Å². The highest BCUT2D eigenvalue weighted by Crippen LogP contribution is 2.35. The molecule has 5 rings (SSSR count). The van der Waals surface area contributed by atoms with E-state index in [1.165, 1.54) is 42.3 Å². The Hall–Kier alpha value is -2.98. The van der Waals surface area contributed by atoms with Crippen LogP contribution in [0.1, 0.15) is 24.0 Å². The van der Waals surface area contributed by atoms with Crippen LogP contribution in [0.3, 0.4) is 0 Å². The third kappa shape index (κ3) is 7.46. The fourth-order valence-electron chi connectivity index (χ4n) is 4.41. The van der Waals surface area contributed by atoms with E-state index in [-0.39, 0.29) is 18.4 Å². The highest BCUT2D eigenvalue weighted by molar-refractivity contribution is 7.89. The maximum Gasteiger partial charge on any atom is 0.332 e. The largest absolute Gasteiger partial charge is 0.496 e. The van der Waals surface area contributed by atoms with Crippen molar-refractivity contribution >= 4 is 44.2 Å². The highest BCUT2D eigenvalue weighted by atomic mass is 32.2. The van der Waals surface area contributed by atoms with Gasteiger partial charge in [-0.3, -0.25) is 13.9 Å². The van der Waals surface area contributed by atoms with Crippen LogP contribution in [0.2, 0.25) is 0 Å². The Morgan fingerprint density at radius 1 is 1.22 bits per heavy atom. The summed E-state index contributed by atoms with van der Waals surface area (Å²) in [5, 5.41) is 5.95. The van der Waals surface area contributed by atoms with Crippen LogP contribution in [-0.2, 0) is 34.3 Å². The van der Waals surface area contributed by atoms with Gasteiger partial charge < -0.3 is 13.9 Å². The first-order valence-corrected chi connectivity index (χ1v) is 15.8. The molecule has 2 N–H and O–H groups in total. The van der Waals surface area contributed by atoms with Crippen molar-refractivity contribution in [2.75, 3.05) is 26.1 Å². The molecule has 0 aliphatic carbocycles. The molecule has 1 aromatic carbocycles. The van der Waals surface area contributed by atoms with Crippen molar-refractivity contribution in [3.05, 3.63) is 68.4 Å². The Balaban J connectivity index is 0.000000483. The Morgan fingerprint density at radius 2 is 1.95 bits per heavy atom. The minimum atomic E-state index is -3.92. The van der Waals surface area contributed by atoms with E-state index < -0.39 is 39.4 Å². The molecule has 0 spiro atoms. The molecule has 41 heavy (non-hydrogen) atoms. The lowest BCUT2D eigenvalue weighted by atomic mass is 10.1. The molecule has 4 heterocycles. The number of thiol groups is 1. The number of thiophene rings is 1. The normalized spacial score (nSPS) is 14.2. The van der Waals surface area contributed by atoms with Gasteiger partial charge in [-0.1, -0.05) is 0 Å². The molecule has 1 fully saturated rings. The predicted molar refractivity (Wildman–Crippen MR) is 158 cm³/mol. The van der Waals surface area contributed by atoms with Gasteiger partial charge in [0.25, 0.3) is 5.56 Å². The van der Waals surface area contributed by atoms with Gasteiger partial charge in [0.1, 0.15) is 22.7 Å². The molecule has 15 heteroatoms. The summed E-state index contributed by atoms with van der Waals surface area (Å²) in [6, 6.07) is 4.08. The summed E-state index contributed by atoms with van der Waals surface area (Å²) in [5.41, 5.74) is -0.244. The molecule has 0 radical (unpaired) electrons. The molecule has 0 unspecified atom stereocenters. The molecule has 0 saturated carbocycles. The first kappa shape index (κ1) is 31.0. The van der Waals surface area contributed by atoms with Crippen LogP contribution in [0.15, 0.2) is 44.7 Å². The number of aromatic nitrogens is 3. The standard InChI is InChI=1S/C21H21FN4O6S2.C5H10OS/c1-12-16-19(27)25(8-10-34(23,29)30)21(28)26(20(16)33-17(12)18-24-6-9-32-18)7-5-13-11-14(22)3-4-15(13)31-2;7-5-1-3-6-4-2-5/h3-4,6,9,11H,5,7-8,10H2,1-2H3,(H2,23,29,30);5,7H,1-4H2. The van der Waals surface area contributed by atoms with E-state index in [2.05, 4.69) is 17.6 Å². The second kappa shape index (κ2) is 13.3. The lowest BCUT2D eigenvalue weighted by molar-refractivity contribution is 0.100. The van der Waals surface area contributed by atoms with Gasteiger partial charge in [0.05, 0.1) is 29.3 Å². The number of primary sulfonamides is 1. The van der Waals surface area contributed by atoms with E-state index >= 15 is 0 Å². The summed E-state index contributed by atoms with van der Waals surface area (Å²) >= 11 is 5.44.